The fourth-order valence-electron chi connectivity index (χ4n) is 1.79. The van der Waals surface area contributed by atoms with E-state index in [1.807, 2.05) is 30.3 Å². The van der Waals surface area contributed by atoms with Crippen LogP contribution in [0.1, 0.15) is 12.0 Å². The highest BCUT2D eigenvalue weighted by atomic mass is 19.1. The third kappa shape index (κ3) is 4.13. The molecule has 5 heteroatoms. The molecule has 0 aliphatic carbocycles. The van der Waals surface area contributed by atoms with Gasteiger partial charge in [-0.1, -0.05) is 36.4 Å². The minimum Gasteiger partial charge on any atom is -0.320 e. The summed E-state index contributed by atoms with van der Waals surface area (Å²) in [5.41, 5.74) is 6.94. The molecule has 0 radical (unpaired) electrons. The molecule has 1 heterocycles. The molecule has 0 aliphatic rings. The van der Waals surface area contributed by atoms with Crippen LogP contribution in [0, 0.1) is 5.95 Å². The van der Waals surface area contributed by atoms with E-state index in [0.29, 0.717) is 12.8 Å². The number of aromatic nitrogens is 1. The number of nitrogens with one attached hydrogen (secondary N) is 1. The molecule has 1 atom stereocenters. The van der Waals surface area contributed by atoms with Crippen LogP contribution in [-0.2, 0) is 11.2 Å². The largest absolute Gasteiger partial charge is 0.320 e. The van der Waals surface area contributed by atoms with Crippen LogP contribution in [0.2, 0.25) is 0 Å². The predicted octanol–water partition coefficient (Wildman–Crippen LogP) is 2.12. The Morgan fingerprint density at radius 2 is 1.95 bits per heavy atom. The second kappa shape index (κ2) is 6.77. The second-order valence-electron chi connectivity index (χ2n) is 4.47. The van der Waals surface area contributed by atoms with Crippen molar-refractivity contribution < 1.29 is 9.18 Å². The number of hydrogen-bond donors (Lipinski definition) is 2. The Labute approximate surface area is 116 Å². The van der Waals surface area contributed by atoms with E-state index < -0.39 is 12.0 Å². The number of amides is 1. The Morgan fingerprint density at radius 1 is 1.20 bits per heavy atom. The number of anilines is 1. The van der Waals surface area contributed by atoms with E-state index in [0.717, 1.165) is 5.56 Å². The van der Waals surface area contributed by atoms with Crippen molar-refractivity contribution in [2.75, 3.05) is 5.32 Å². The first-order valence-electron chi connectivity index (χ1n) is 6.38. The van der Waals surface area contributed by atoms with E-state index in [9.17, 15) is 9.18 Å². The summed E-state index contributed by atoms with van der Waals surface area (Å²) in [4.78, 5) is 15.4. The average molecular weight is 273 g/mol. The minimum absolute atomic E-state index is 0.171. The summed E-state index contributed by atoms with van der Waals surface area (Å²) >= 11 is 0. The topological polar surface area (TPSA) is 68.0 Å². The molecule has 1 aromatic carbocycles. The molecular weight excluding hydrogens is 257 g/mol. The molecule has 2 aromatic rings. The standard InChI is InChI=1S/C15H16FN3O/c16-13-7-4-8-14(18-13)19-15(20)12(17)10-9-11-5-2-1-3-6-11/h1-8,12H,9-10,17H2,(H,18,19,20). The third-order valence-corrected chi connectivity index (χ3v) is 2.89. The van der Waals surface area contributed by atoms with Gasteiger partial charge in [0.05, 0.1) is 6.04 Å². The van der Waals surface area contributed by atoms with Gasteiger partial charge < -0.3 is 11.1 Å². The molecule has 1 unspecified atom stereocenters. The summed E-state index contributed by atoms with van der Waals surface area (Å²) in [6, 6.07) is 13.3. The van der Waals surface area contributed by atoms with Crippen LogP contribution < -0.4 is 11.1 Å². The zero-order valence-corrected chi connectivity index (χ0v) is 10.9. The zero-order chi connectivity index (χ0) is 14.4. The highest BCUT2D eigenvalue weighted by Crippen LogP contribution is 2.07. The zero-order valence-electron chi connectivity index (χ0n) is 10.9. The third-order valence-electron chi connectivity index (χ3n) is 2.89. The van der Waals surface area contributed by atoms with E-state index >= 15 is 0 Å². The van der Waals surface area contributed by atoms with Crippen LogP contribution in [0.4, 0.5) is 10.2 Å². The summed E-state index contributed by atoms with van der Waals surface area (Å²) in [6.45, 7) is 0. The lowest BCUT2D eigenvalue weighted by atomic mass is 10.1. The average Bonchev–Trinajstić information content (AvgIpc) is 2.46. The van der Waals surface area contributed by atoms with Crippen molar-refractivity contribution in [2.24, 2.45) is 5.73 Å². The second-order valence-corrected chi connectivity index (χ2v) is 4.47. The lowest BCUT2D eigenvalue weighted by Gasteiger charge is -2.11. The molecular formula is C15H16FN3O. The van der Waals surface area contributed by atoms with Crippen LogP contribution in [0.15, 0.2) is 48.5 Å². The van der Waals surface area contributed by atoms with Crippen molar-refractivity contribution in [3.05, 3.63) is 60.0 Å². The van der Waals surface area contributed by atoms with Gasteiger partial charge in [-0.15, -0.1) is 0 Å². The summed E-state index contributed by atoms with van der Waals surface area (Å²) < 4.78 is 12.9. The first-order chi connectivity index (χ1) is 9.65. The van der Waals surface area contributed by atoms with Gasteiger partial charge in [-0.05, 0) is 30.5 Å². The fraction of sp³-hybridized carbons (Fsp3) is 0.200. The molecule has 0 fully saturated rings. The summed E-state index contributed by atoms with van der Waals surface area (Å²) in [6.07, 6.45) is 1.23. The quantitative estimate of drug-likeness (QED) is 0.820. The molecule has 1 amide bonds. The lowest BCUT2D eigenvalue weighted by molar-refractivity contribution is -0.117. The molecule has 1 aromatic heterocycles. The first-order valence-corrected chi connectivity index (χ1v) is 6.38. The maximum atomic E-state index is 12.9. The monoisotopic (exact) mass is 273 g/mol. The number of halogens is 1. The number of rotatable bonds is 5. The number of nitrogens with zero attached hydrogens (tertiary/aromatic N) is 1. The Balaban J connectivity index is 1.86. The Bertz CT molecular complexity index is 574. The molecule has 4 nitrogen and oxygen atoms in total. The van der Waals surface area contributed by atoms with Gasteiger partial charge in [0.15, 0.2) is 0 Å². The van der Waals surface area contributed by atoms with Gasteiger partial charge in [-0.3, -0.25) is 4.79 Å². The maximum Gasteiger partial charge on any atom is 0.242 e. The smallest absolute Gasteiger partial charge is 0.242 e. The maximum absolute atomic E-state index is 12.9. The van der Waals surface area contributed by atoms with E-state index in [4.69, 9.17) is 5.73 Å². The van der Waals surface area contributed by atoms with Crippen molar-refractivity contribution in [3.8, 4) is 0 Å². The fourth-order valence-corrected chi connectivity index (χ4v) is 1.79. The molecule has 0 saturated heterocycles. The SMILES string of the molecule is NC(CCc1ccccc1)C(=O)Nc1cccc(F)n1. The lowest BCUT2D eigenvalue weighted by Crippen LogP contribution is -2.36. The van der Waals surface area contributed by atoms with Crippen molar-refractivity contribution in [2.45, 2.75) is 18.9 Å². The number of benzene rings is 1. The highest BCUT2D eigenvalue weighted by Gasteiger charge is 2.14. The summed E-state index contributed by atoms with van der Waals surface area (Å²) in [5, 5.41) is 2.50. The van der Waals surface area contributed by atoms with Crippen molar-refractivity contribution >= 4 is 11.7 Å². The normalized spacial score (nSPS) is 11.9. The Kier molecular flexibility index (Phi) is 4.79. The number of nitrogens with two attached hydrogens (primary N) is 1. The molecule has 3 N–H and O–H groups in total. The van der Waals surface area contributed by atoms with Gasteiger partial charge in [0.25, 0.3) is 0 Å². The van der Waals surface area contributed by atoms with Crippen LogP contribution in [0.5, 0.6) is 0 Å². The van der Waals surface area contributed by atoms with Gasteiger partial charge in [0.2, 0.25) is 11.9 Å². The number of pyridine rings is 1. The van der Waals surface area contributed by atoms with Crippen LogP contribution in [-0.4, -0.2) is 16.9 Å². The van der Waals surface area contributed by atoms with Crippen LogP contribution in [0.3, 0.4) is 0 Å². The van der Waals surface area contributed by atoms with Gasteiger partial charge >= 0.3 is 0 Å². The van der Waals surface area contributed by atoms with Gasteiger partial charge in [0.1, 0.15) is 5.82 Å². The first kappa shape index (κ1) is 14.1. The highest BCUT2D eigenvalue weighted by molar-refractivity contribution is 5.93. The van der Waals surface area contributed by atoms with Gasteiger partial charge in [0, 0.05) is 0 Å². The number of carbonyl (C=O) groups excluding carboxylic acids is 1. The summed E-state index contributed by atoms with van der Waals surface area (Å²) in [7, 11) is 0. The van der Waals surface area contributed by atoms with Crippen LogP contribution in [0.25, 0.3) is 0 Å². The van der Waals surface area contributed by atoms with E-state index in [2.05, 4.69) is 10.3 Å². The molecule has 0 spiro atoms. The van der Waals surface area contributed by atoms with Gasteiger partial charge in [-0.2, -0.15) is 4.39 Å². The number of hydrogen-bond acceptors (Lipinski definition) is 3. The van der Waals surface area contributed by atoms with E-state index in [-0.39, 0.29) is 11.7 Å². The molecule has 0 bridgehead atoms. The number of aryl methyl sites for hydroxylation is 1. The molecule has 104 valence electrons. The summed E-state index contributed by atoms with van der Waals surface area (Å²) in [5.74, 6) is -0.829. The van der Waals surface area contributed by atoms with Crippen molar-refractivity contribution in [3.63, 3.8) is 0 Å². The molecule has 0 aliphatic heterocycles. The Hall–Kier alpha value is -2.27. The van der Waals surface area contributed by atoms with Crippen molar-refractivity contribution in [1.29, 1.82) is 0 Å². The molecule has 2 rings (SSSR count). The molecule has 20 heavy (non-hydrogen) atoms. The van der Waals surface area contributed by atoms with Gasteiger partial charge in [-0.25, -0.2) is 4.98 Å². The van der Waals surface area contributed by atoms with Crippen LogP contribution >= 0.6 is 0 Å². The number of carbonyl (C=O) groups is 1. The minimum atomic E-state index is -0.653. The van der Waals surface area contributed by atoms with Crippen molar-refractivity contribution in [1.82, 2.24) is 4.98 Å². The van der Waals surface area contributed by atoms with E-state index in [1.165, 1.54) is 18.2 Å². The Morgan fingerprint density at radius 3 is 2.65 bits per heavy atom. The molecule has 0 saturated carbocycles. The van der Waals surface area contributed by atoms with E-state index in [1.54, 1.807) is 0 Å². The predicted molar refractivity (Wildman–Crippen MR) is 75.6 cm³/mol.